The van der Waals surface area contributed by atoms with Crippen LogP contribution in [-0.2, 0) is 9.59 Å². The summed E-state index contributed by atoms with van der Waals surface area (Å²) in [5, 5.41) is 4.59. The quantitative estimate of drug-likeness (QED) is 0.579. The van der Waals surface area contributed by atoms with E-state index in [0.29, 0.717) is 0 Å². The van der Waals surface area contributed by atoms with Gasteiger partial charge in [0.25, 0.3) is 5.91 Å². The topological polar surface area (TPSA) is 108 Å². The van der Waals surface area contributed by atoms with Gasteiger partial charge < -0.3 is 10.3 Å². The minimum Gasteiger partial charge on any atom is -0.339 e. The van der Waals surface area contributed by atoms with Gasteiger partial charge in [0.05, 0.1) is 0 Å². The zero-order valence-electron chi connectivity index (χ0n) is 9.36. The molecule has 18 heavy (non-hydrogen) atoms. The van der Waals surface area contributed by atoms with E-state index >= 15 is 0 Å². The second-order valence-electron chi connectivity index (χ2n) is 3.91. The zero-order chi connectivity index (χ0) is 13.1. The average Bonchev–Trinajstić information content (AvgIpc) is 2.32. The van der Waals surface area contributed by atoms with Crippen molar-refractivity contribution in [3.63, 3.8) is 0 Å². The summed E-state index contributed by atoms with van der Waals surface area (Å²) in [6.45, 7) is 0. The summed E-state index contributed by atoms with van der Waals surface area (Å²) in [6.07, 6.45) is 0.440. The Kier molecular flexibility index (Phi) is 3.22. The number of pyridine rings is 1. The van der Waals surface area contributed by atoms with E-state index in [0.717, 1.165) is 0 Å². The summed E-state index contributed by atoms with van der Waals surface area (Å²) >= 11 is 0. The molecule has 1 saturated heterocycles. The van der Waals surface area contributed by atoms with Gasteiger partial charge in [-0.25, -0.2) is 0 Å². The first-order valence-corrected chi connectivity index (χ1v) is 5.40. The third-order valence-electron chi connectivity index (χ3n) is 2.56. The maximum atomic E-state index is 11.7. The number of carbonyl (C=O) groups excluding carboxylic acids is 3. The van der Waals surface area contributed by atoms with Gasteiger partial charge in [-0.3, -0.25) is 24.5 Å². The van der Waals surface area contributed by atoms with E-state index in [1.54, 1.807) is 0 Å². The minimum atomic E-state index is -0.751. The second kappa shape index (κ2) is 4.82. The number of hydrogen-bond acceptors (Lipinski definition) is 4. The van der Waals surface area contributed by atoms with Crippen LogP contribution >= 0.6 is 0 Å². The van der Waals surface area contributed by atoms with Crippen molar-refractivity contribution >= 4 is 17.7 Å². The summed E-state index contributed by atoms with van der Waals surface area (Å²) in [6, 6.07) is 3.41. The van der Waals surface area contributed by atoms with Crippen LogP contribution in [0.5, 0.6) is 0 Å². The minimum absolute atomic E-state index is 0.0761. The monoisotopic (exact) mass is 249 g/mol. The van der Waals surface area contributed by atoms with Crippen LogP contribution in [0.1, 0.15) is 23.3 Å². The molecule has 1 aromatic heterocycles. The molecule has 7 nitrogen and oxygen atoms in total. The molecule has 0 unspecified atom stereocenters. The van der Waals surface area contributed by atoms with Crippen molar-refractivity contribution in [2.45, 2.75) is 18.9 Å². The Morgan fingerprint density at radius 2 is 2.06 bits per heavy atom. The maximum absolute atomic E-state index is 11.7. The molecular weight excluding hydrogens is 238 g/mol. The summed E-state index contributed by atoms with van der Waals surface area (Å²) in [5.74, 6) is -1.43. The normalized spacial score (nSPS) is 19.2. The van der Waals surface area contributed by atoms with Crippen LogP contribution in [0.25, 0.3) is 0 Å². The number of H-pyrrole nitrogens is 1. The van der Waals surface area contributed by atoms with Crippen molar-refractivity contribution < 1.29 is 14.4 Å². The molecule has 1 atom stereocenters. The lowest BCUT2D eigenvalue weighted by molar-refractivity contribution is -0.134. The second-order valence-corrected chi connectivity index (χ2v) is 3.91. The zero-order valence-corrected chi connectivity index (χ0v) is 9.36. The number of rotatable bonds is 2. The van der Waals surface area contributed by atoms with Gasteiger partial charge in [0.1, 0.15) is 11.7 Å². The van der Waals surface area contributed by atoms with Crippen LogP contribution in [0.2, 0.25) is 0 Å². The summed E-state index contributed by atoms with van der Waals surface area (Å²) in [4.78, 5) is 47.5. The van der Waals surface area contributed by atoms with Crippen LogP contribution in [-0.4, -0.2) is 28.7 Å². The number of piperidine rings is 1. The highest BCUT2D eigenvalue weighted by Crippen LogP contribution is 2.05. The first-order chi connectivity index (χ1) is 8.56. The molecule has 3 amide bonds. The fourth-order valence-electron chi connectivity index (χ4n) is 1.65. The van der Waals surface area contributed by atoms with Crippen molar-refractivity contribution in [3.05, 3.63) is 34.2 Å². The number of hydrogen-bond donors (Lipinski definition) is 3. The highest BCUT2D eigenvalue weighted by Gasteiger charge is 2.28. The number of imide groups is 1. The van der Waals surface area contributed by atoms with Crippen LogP contribution in [0.3, 0.4) is 0 Å². The molecule has 1 aliphatic heterocycles. The van der Waals surface area contributed by atoms with Gasteiger partial charge in [-0.2, -0.15) is 0 Å². The SMILES string of the molecule is O=C1CC[C@@H](NC(=O)c2cccc(=O)[nH]2)C(=O)N1. The molecule has 0 radical (unpaired) electrons. The lowest BCUT2D eigenvalue weighted by atomic mass is 10.1. The van der Waals surface area contributed by atoms with Crippen molar-refractivity contribution in [2.24, 2.45) is 0 Å². The molecule has 1 aromatic rings. The van der Waals surface area contributed by atoms with E-state index in [4.69, 9.17) is 0 Å². The van der Waals surface area contributed by atoms with Crippen LogP contribution in [0.4, 0.5) is 0 Å². The standard InChI is InChI=1S/C11H11N3O4/c15-8-3-1-2-6(12-8)10(17)13-7-4-5-9(16)14-11(7)18/h1-3,7H,4-5H2,(H,12,15)(H,13,17)(H,14,16,18)/t7-/m1/s1. The molecule has 7 heteroatoms. The highest BCUT2D eigenvalue weighted by atomic mass is 16.2. The fourth-order valence-corrected chi connectivity index (χ4v) is 1.65. The van der Waals surface area contributed by atoms with Crippen molar-refractivity contribution in [1.82, 2.24) is 15.6 Å². The van der Waals surface area contributed by atoms with Crippen molar-refractivity contribution in [2.75, 3.05) is 0 Å². The lowest BCUT2D eigenvalue weighted by Gasteiger charge is -2.21. The lowest BCUT2D eigenvalue weighted by Crippen LogP contribution is -2.52. The van der Waals surface area contributed by atoms with Gasteiger partial charge in [-0.15, -0.1) is 0 Å². The van der Waals surface area contributed by atoms with E-state index in [9.17, 15) is 19.2 Å². The average molecular weight is 249 g/mol. The van der Waals surface area contributed by atoms with Gasteiger partial charge >= 0.3 is 0 Å². The molecule has 2 heterocycles. The van der Waals surface area contributed by atoms with Gasteiger partial charge in [0, 0.05) is 12.5 Å². The van der Waals surface area contributed by atoms with Crippen molar-refractivity contribution in [1.29, 1.82) is 0 Å². The Hall–Kier alpha value is -2.44. The Morgan fingerprint density at radius 3 is 2.72 bits per heavy atom. The first kappa shape index (κ1) is 12.0. The number of aromatic nitrogens is 1. The molecule has 0 aliphatic carbocycles. The molecule has 0 aromatic carbocycles. The predicted octanol–water partition coefficient (Wildman–Crippen LogP) is -1.09. The van der Waals surface area contributed by atoms with E-state index in [2.05, 4.69) is 15.6 Å². The molecule has 1 aliphatic rings. The van der Waals surface area contributed by atoms with Crippen LogP contribution in [0.15, 0.2) is 23.0 Å². The summed E-state index contributed by atoms with van der Waals surface area (Å²) in [5.41, 5.74) is -0.321. The largest absolute Gasteiger partial charge is 0.339 e. The fraction of sp³-hybridized carbons (Fsp3) is 0.273. The number of nitrogens with one attached hydrogen (secondary N) is 3. The molecule has 0 spiro atoms. The number of aromatic amines is 1. The van der Waals surface area contributed by atoms with Crippen LogP contribution < -0.4 is 16.2 Å². The molecule has 0 saturated carbocycles. The van der Waals surface area contributed by atoms with Gasteiger partial charge in [-0.1, -0.05) is 6.07 Å². The van der Waals surface area contributed by atoms with Gasteiger partial charge in [-0.05, 0) is 12.5 Å². The van der Waals surface area contributed by atoms with E-state index in [1.165, 1.54) is 18.2 Å². The molecule has 2 rings (SSSR count). The molecule has 1 fully saturated rings. The smallest absolute Gasteiger partial charge is 0.268 e. The molecular formula is C11H11N3O4. The van der Waals surface area contributed by atoms with Crippen LogP contribution in [0, 0.1) is 0 Å². The third kappa shape index (κ3) is 2.62. The molecule has 3 N–H and O–H groups in total. The number of amides is 3. The van der Waals surface area contributed by atoms with Gasteiger partial charge in [0.15, 0.2) is 0 Å². The number of carbonyl (C=O) groups is 3. The van der Waals surface area contributed by atoms with E-state index < -0.39 is 23.4 Å². The predicted molar refractivity (Wildman–Crippen MR) is 60.7 cm³/mol. The summed E-state index contributed by atoms with van der Waals surface area (Å²) in [7, 11) is 0. The Labute approximate surface area is 102 Å². The van der Waals surface area contributed by atoms with E-state index in [1.807, 2.05) is 0 Å². The van der Waals surface area contributed by atoms with E-state index in [-0.39, 0.29) is 24.4 Å². The molecule has 0 bridgehead atoms. The highest BCUT2D eigenvalue weighted by molar-refractivity contribution is 6.03. The third-order valence-corrected chi connectivity index (χ3v) is 2.56. The Morgan fingerprint density at radius 1 is 1.28 bits per heavy atom. The Balaban J connectivity index is 2.06. The summed E-state index contributed by atoms with van der Waals surface area (Å²) < 4.78 is 0. The first-order valence-electron chi connectivity index (χ1n) is 5.40. The maximum Gasteiger partial charge on any atom is 0.268 e. The molecule has 94 valence electrons. The van der Waals surface area contributed by atoms with Crippen molar-refractivity contribution in [3.8, 4) is 0 Å². The Bertz CT molecular complexity index is 563. The van der Waals surface area contributed by atoms with Gasteiger partial charge in [0.2, 0.25) is 17.4 Å².